The van der Waals surface area contributed by atoms with Crippen molar-refractivity contribution in [3.63, 3.8) is 0 Å². The van der Waals surface area contributed by atoms with Crippen molar-refractivity contribution in [1.29, 1.82) is 0 Å². The summed E-state index contributed by atoms with van der Waals surface area (Å²) >= 11 is 0.0998. The average Bonchev–Trinajstić information content (AvgIpc) is 2.98. The van der Waals surface area contributed by atoms with Gasteiger partial charge in [-0.25, -0.2) is 8.42 Å². The van der Waals surface area contributed by atoms with Crippen LogP contribution in [-0.2, 0) is 21.0 Å². The number of carbonyl (C=O) groups is 1. The van der Waals surface area contributed by atoms with E-state index in [-0.39, 0.29) is 24.3 Å². The Morgan fingerprint density at radius 3 is 2.55 bits per heavy atom. The number of hydrogen-bond acceptors (Lipinski definition) is 4. The number of sulfonamides is 1. The SMILES string of the molecule is O=C(O)[C@H]1CCCN1S(=O)(=O)c1ccc(C(F)(F)F)s1. The summed E-state index contributed by atoms with van der Waals surface area (Å²) in [6.45, 7) is -0.00144. The highest BCUT2D eigenvalue weighted by Gasteiger charge is 2.41. The summed E-state index contributed by atoms with van der Waals surface area (Å²) in [6, 6.07) is 0.333. The van der Waals surface area contributed by atoms with E-state index in [1.165, 1.54) is 0 Å². The number of halogens is 3. The van der Waals surface area contributed by atoms with Crippen molar-refractivity contribution in [3.05, 3.63) is 17.0 Å². The summed E-state index contributed by atoms with van der Waals surface area (Å²) in [5.74, 6) is -1.29. The van der Waals surface area contributed by atoms with Crippen LogP contribution in [0.5, 0.6) is 0 Å². The Morgan fingerprint density at radius 2 is 2.05 bits per heavy atom. The van der Waals surface area contributed by atoms with Crippen LogP contribution in [0.15, 0.2) is 16.3 Å². The molecule has 1 aromatic rings. The van der Waals surface area contributed by atoms with E-state index >= 15 is 0 Å². The van der Waals surface area contributed by atoms with Crippen LogP contribution in [0.4, 0.5) is 13.2 Å². The smallest absolute Gasteiger partial charge is 0.425 e. The minimum absolute atomic E-state index is 0.00144. The topological polar surface area (TPSA) is 74.7 Å². The third kappa shape index (κ3) is 2.67. The fourth-order valence-electron chi connectivity index (χ4n) is 2.00. The first-order valence-corrected chi connectivity index (χ1v) is 7.81. The lowest BCUT2D eigenvalue weighted by atomic mass is 10.2. The lowest BCUT2D eigenvalue weighted by Gasteiger charge is -2.19. The van der Waals surface area contributed by atoms with Gasteiger partial charge in [-0.2, -0.15) is 17.5 Å². The van der Waals surface area contributed by atoms with Crippen LogP contribution in [0.25, 0.3) is 0 Å². The highest BCUT2D eigenvalue weighted by atomic mass is 32.2. The molecule has 2 heterocycles. The van der Waals surface area contributed by atoms with E-state index in [2.05, 4.69) is 0 Å². The lowest BCUT2D eigenvalue weighted by molar-refractivity contribution is -0.140. The van der Waals surface area contributed by atoms with E-state index < -0.39 is 37.3 Å². The van der Waals surface area contributed by atoms with Gasteiger partial charge in [0.1, 0.15) is 15.1 Å². The van der Waals surface area contributed by atoms with Crippen molar-refractivity contribution >= 4 is 27.3 Å². The van der Waals surface area contributed by atoms with Gasteiger partial charge in [0.2, 0.25) is 0 Å². The predicted molar refractivity (Wildman–Crippen MR) is 63.9 cm³/mol. The molecule has 10 heteroatoms. The molecule has 1 N–H and O–H groups in total. The van der Waals surface area contributed by atoms with Gasteiger partial charge in [0.15, 0.2) is 0 Å². The van der Waals surface area contributed by atoms with Gasteiger partial charge in [0.25, 0.3) is 10.0 Å². The number of alkyl halides is 3. The second kappa shape index (κ2) is 5.01. The zero-order valence-electron chi connectivity index (χ0n) is 9.92. The molecule has 1 fully saturated rings. The van der Waals surface area contributed by atoms with Gasteiger partial charge in [0, 0.05) is 6.54 Å². The van der Waals surface area contributed by atoms with E-state index in [1.54, 1.807) is 0 Å². The standard InChI is InChI=1S/C10H10F3NO4S2/c11-10(12,13)7-3-4-8(19-7)20(17,18)14-5-1-2-6(14)9(15)16/h3-4,6H,1-2,5H2,(H,15,16)/t6-/m1/s1. The van der Waals surface area contributed by atoms with Crippen molar-refractivity contribution in [2.24, 2.45) is 0 Å². The second-order valence-electron chi connectivity index (χ2n) is 4.23. The van der Waals surface area contributed by atoms with Gasteiger partial charge in [0.05, 0.1) is 0 Å². The van der Waals surface area contributed by atoms with Crippen LogP contribution in [0.1, 0.15) is 17.7 Å². The maximum absolute atomic E-state index is 12.5. The van der Waals surface area contributed by atoms with Crippen LogP contribution >= 0.6 is 11.3 Å². The maximum atomic E-state index is 12.5. The largest absolute Gasteiger partial charge is 0.480 e. The summed E-state index contributed by atoms with van der Waals surface area (Å²) in [5, 5.41) is 8.95. The summed E-state index contributed by atoms with van der Waals surface area (Å²) in [4.78, 5) is 9.95. The molecule has 1 aliphatic rings. The lowest BCUT2D eigenvalue weighted by Crippen LogP contribution is -2.40. The molecule has 0 unspecified atom stereocenters. The fourth-order valence-corrected chi connectivity index (χ4v) is 4.95. The molecule has 112 valence electrons. The molecule has 20 heavy (non-hydrogen) atoms. The molecule has 0 aromatic carbocycles. The van der Waals surface area contributed by atoms with Crippen LogP contribution in [0.3, 0.4) is 0 Å². The first kappa shape index (κ1) is 15.3. The molecule has 0 spiro atoms. The minimum atomic E-state index is -4.62. The predicted octanol–water partition coefficient (Wildman–Crippen LogP) is 2.00. The highest BCUT2D eigenvalue weighted by Crippen LogP contribution is 2.38. The number of aliphatic carboxylic acids is 1. The van der Waals surface area contributed by atoms with Crippen molar-refractivity contribution in [1.82, 2.24) is 4.31 Å². The monoisotopic (exact) mass is 329 g/mol. The highest BCUT2D eigenvalue weighted by molar-refractivity contribution is 7.91. The third-order valence-corrected chi connectivity index (χ3v) is 6.42. The Bertz CT molecular complexity index is 623. The molecular formula is C10H10F3NO4S2. The molecule has 2 rings (SSSR count). The summed E-state index contributed by atoms with van der Waals surface area (Å²) in [7, 11) is -4.20. The first-order valence-electron chi connectivity index (χ1n) is 5.55. The third-order valence-electron chi connectivity index (χ3n) is 2.91. The first-order chi connectivity index (χ1) is 9.14. The van der Waals surface area contributed by atoms with E-state index in [1.807, 2.05) is 0 Å². The van der Waals surface area contributed by atoms with Crippen molar-refractivity contribution in [2.45, 2.75) is 29.3 Å². The number of nitrogens with zero attached hydrogens (tertiary/aromatic N) is 1. The van der Waals surface area contributed by atoms with E-state index in [0.717, 1.165) is 10.4 Å². The zero-order valence-corrected chi connectivity index (χ0v) is 11.6. The normalized spacial score (nSPS) is 21.2. The molecule has 0 amide bonds. The maximum Gasteiger partial charge on any atom is 0.425 e. The number of thiophene rings is 1. The van der Waals surface area contributed by atoms with Gasteiger partial charge in [-0.3, -0.25) is 4.79 Å². The Hall–Kier alpha value is -1.13. The van der Waals surface area contributed by atoms with E-state index in [9.17, 15) is 26.4 Å². The molecule has 0 radical (unpaired) electrons. The Labute approximate surface area is 116 Å². The molecular weight excluding hydrogens is 319 g/mol. The number of carboxylic acids is 1. The molecule has 1 aliphatic heterocycles. The molecule has 0 aliphatic carbocycles. The summed E-state index contributed by atoms with van der Waals surface area (Å²) < 4.78 is 62.1. The molecule has 1 saturated heterocycles. The van der Waals surface area contributed by atoms with E-state index in [0.29, 0.717) is 12.5 Å². The van der Waals surface area contributed by atoms with Gasteiger partial charge in [-0.15, -0.1) is 11.3 Å². The second-order valence-corrected chi connectivity index (χ2v) is 7.43. The summed E-state index contributed by atoms with van der Waals surface area (Å²) in [5.41, 5.74) is 0. The van der Waals surface area contributed by atoms with E-state index in [4.69, 9.17) is 5.11 Å². The number of carboxylic acid groups (broad SMARTS) is 1. The van der Waals surface area contributed by atoms with Crippen LogP contribution < -0.4 is 0 Å². The van der Waals surface area contributed by atoms with Crippen LogP contribution in [-0.4, -0.2) is 36.4 Å². The van der Waals surface area contributed by atoms with Crippen LogP contribution in [0.2, 0.25) is 0 Å². The van der Waals surface area contributed by atoms with Crippen molar-refractivity contribution in [2.75, 3.05) is 6.54 Å². The van der Waals surface area contributed by atoms with Crippen LogP contribution in [0, 0.1) is 0 Å². The Kier molecular flexibility index (Phi) is 3.82. The summed E-state index contributed by atoms with van der Waals surface area (Å²) in [6.07, 6.45) is -4.09. The fraction of sp³-hybridized carbons (Fsp3) is 0.500. The quantitative estimate of drug-likeness (QED) is 0.920. The molecule has 0 bridgehead atoms. The zero-order chi connectivity index (χ0) is 15.1. The van der Waals surface area contributed by atoms with Gasteiger partial charge >= 0.3 is 12.1 Å². The molecule has 0 saturated carbocycles. The minimum Gasteiger partial charge on any atom is -0.480 e. The molecule has 1 atom stereocenters. The van der Waals surface area contributed by atoms with Crippen molar-refractivity contribution in [3.8, 4) is 0 Å². The number of hydrogen-bond donors (Lipinski definition) is 1. The van der Waals surface area contributed by atoms with Gasteiger partial charge in [-0.05, 0) is 25.0 Å². The van der Waals surface area contributed by atoms with Crippen molar-refractivity contribution < 1.29 is 31.5 Å². The number of rotatable bonds is 3. The molecule has 1 aromatic heterocycles. The Balaban J connectivity index is 2.36. The average molecular weight is 329 g/mol. The Morgan fingerprint density at radius 1 is 1.40 bits per heavy atom. The van der Waals surface area contributed by atoms with Gasteiger partial charge in [-0.1, -0.05) is 0 Å². The van der Waals surface area contributed by atoms with Gasteiger partial charge < -0.3 is 5.11 Å². The molecule has 5 nitrogen and oxygen atoms in total.